The quantitative estimate of drug-likeness (QED) is 0.466. The fourth-order valence-electron chi connectivity index (χ4n) is 2.30. The SMILES string of the molecule is COc1cccc(-c2noc(CSc3nnc(-c4ccoc4C)o3)n2)c1. The van der Waals surface area contributed by atoms with Crippen LogP contribution in [0.15, 0.2) is 55.2 Å². The van der Waals surface area contributed by atoms with Crippen molar-refractivity contribution in [2.45, 2.75) is 17.9 Å². The van der Waals surface area contributed by atoms with E-state index < -0.39 is 0 Å². The number of thioether (sulfide) groups is 1. The Kier molecular flexibility index (Phi) is 4.44. The summed E-state index contributed by atoms with van der Waals surface area (Å²) in [6.07, 6.45) is 1.58. The minimum absolute atomic E-state index is 0.418. The van der Waals surface area contributed by atoms with Crippen LogP contribution in [-0.4, -0.2) is 27.4 Å². The molecule has 4 rings (SSSR count). The first-order valence-corrected chi connectivity index (χ1v) is 8.69. The van der Waals surface area contributed by atoms with Gasteiger partial charge in [0.1, 0.15) is 11.5 Å². The van der Waals surface area contributed by atoms with Crippen LogP contribution in [0.1, 0.15) is 11.7 Å². The minimum atomic E-state index is 0.418. The highest BCUT2D eigenvalue weighted by Gasteiger charge is 2.15. The monoisotopic (exact) mass is 370 g/mol. The lowest BCUT2D eigenvalue weighted by atomic mass is 10.2. The molecule has 0 saturated heterocycles. The summed E-state index contributed by atoms with van der Waals surface area (Å²) in [7, 11) is 1.61. The molecule has 4 aromatic rings. The zero-order chi connectivity index (χ0) is 17.9. The highest BCUT2D eigenvalue weighted by molar-refractivity contribution is 7.98. The smallest absolute Gasteiger partial charge is 0.277 e. The largest absolute Gasteiger partial charge is 0.497 e. The van der Waals surface area contributed by atoms with E-state index in [1.54, 1.807) is 19.4 Å². The molecule has 3 aromatic heterocycles. The van der Waals surface area contributed by atoms with E-state index in [1.807, 2.05) is 31.2 Å². The minimum Gasteiger partial charge on any atom is -0.497 e. The van der Waals surface area contributed by atoms with Gasteiger partial charge in [-0.2, -0.15) is 4.98 Å². The molecule has 0 radical (unpaired) electrons. The standard InChI is InChI=1S/C17H14N4O4S/c1-10-13(6-7-23-10)16-19-20-17(24-16)26-9-14-18-15(21-25-14)11-4-3-5-12(8-11)22-2/h3-8H,9H2,1-2H3. The van der Waals surface area contributed by atoms with E-state index in [0.717, 1.165) is 22.6 Å². The third kappa shape index (κ3) is 3.33. The van der Waals surface area contributed by atoms with Crippen molar-refractivity contribution in [2.24, 2.45) is 0 Å². The molecule has 0 aliphatic rings. The summed E-state index contributed by atoms with van der Waals surface area (Å²) in [5, 5.41) is 12.5. The van der Waals surface area contributed by atoms with Crippen molar-refractivity contribution in [1.82, 2.24) is 20.3 Å². The molecule has 0 spiro atoms. The first kappa shape index (κ1) is 16.4. The lowest BCUT2D eigenvalue weighted by Crippen LogP contribution is -1.86. The zero-order valence-corrected chi connectivity index (χ0v) is 14.8. The maximum Gasteiger partial charge on any atom is 0.277 e. The van der Waals surface area contributed by atoms with Crippen molar-refractivity contribution in [3.05, 3.63) is 48.2 Å². The molecule has 132 valence electrons. The molecule has 1 aromatic carbocycles. The number of rotatable bonds is 6. The van der Waals surface area contributed by atoms with Crippen LogP contribution in [0.4, 0.5) is 0 Å². The average molecular weight is 370 g/mol. The van der Waals surface area contributed by atoms with E-state index in [2.05, 4.69) is 20.3 Å². The number of nitrogens with zero attached hydrogens (tertiary/aromatic N) is 4. The molecule has 0 aliphatic heterocycles. The van der Waals surface area contributed by atoms with Gasteiger partial charge in [-0.1, -0.05) is 29.1 Å². The van der Waals surface area contributed by atoms with Gasteiger partial charge < -0.3 is 18.1 Å². The zero-order valence-electron chi connectivity index (χ0n) is 14.0. The lowest BCUT2D eigenvalue weighted by Gasteiger charge is -1.99. The molecular formula is C17H14N4O4S. The molecule has 0 fully saturated rings. The highest BCUT2D eigenvalue weighted by atomic mass is 32.2. The van der Waals surface area contributed by atoms with Crippen LogP contribution in [0.2, 0.25) is 0 Å². The van der Waals surface area contributed by atoms with Crippen LogP contribution in [-0.2, 0) is 5.75 Å². The summed E-state index contributed by atoms with van der Waals surface area (Å²) in [5.41, 5.74) is 1.60. The molecule has 0 atom stereocenters. The second-order valence-electron chi connectivity index (χ2n) is 5.30. The first-order chi connectivity index (χ1) is 12.7. The van der Waals surface area contributed by atoms with Gasteiger partial charge in [0, 0.05) is 5.56 Å². The van der Waals surface area contributed by atoms with Gasteiger partial charge in [0.25, 0.3) is 11.1 Å². The van der Waals surface area contributed by atoms with Gasteiger partial charge in [0.15, 0.2) is 0 Å². The van der Waals surface area contributed by atoms with Gasteiger partial charge >= 0.3 is 0 Å². The average Bonchev–Trinajstić information content (AvgIpc) is 3.40. The molecule has 0 N–H and O–H groups in total. The van der Waals surface area contributed by atoms with Crippen LogP contribution in [0.25, 0.3) is 22.8 Å². The second-order valence-corrected chi connectivity index (χ2v) is 6.22. The summed E-state index contributed by atoms with van der Waals surface area (Å²) < 4.78 is 21.4. The normalized spacial score (nSPS) is 11.0. The predicted molar refractivity (Wildman–Crippen MR) is 92.6 cm³/mol. The van der Waals surface area contributed by atoms with E-state index in [-0.39, 0.29) is 0 Å². The van der Waals surface area contributed by atoms with Crippen LogP contribution in [0, 0.1) is 6.92 Å². The summed E-state index contributed by atoms with van der Waals surface area (Å²) in [5.74, 6) is 3.26. The van der Waals surface area contributed by atoms with Crippen LogP contribution < -0.4 is 4.74 Å². The molecule has 0 amide bonds. The number of furan rings is 1. The van der Waals surface area contributed by atoms with Gasteiger partial charge in [0.05, 0.1) is 24.7 Å². The molecule has 0 unspecified atom stereocenters. The maximum absolute atomic E-state index is 5.63. The Labute approximate surface area is 152 Å². The van der Waals surface area contributed by atoms with Crippen LogP contribution in [0.5, 0.6) is 5.75 Å². The Hall–Kier alpha value is -3.07. The Morgan fingerprint density at radius 3 is 2.92 bits per heavy atom. The molecule has 9 heteroatoms. The van der Waals surface area contributed by atoms with Gasteiger partial charge in [-0.3, -0.25) is 0 Å². The molecule has 26 heavy (non-hydrogen) atoms. The number of benzene rings is 1. The Balaban J connectivity index is 1.44. The number of hydrogen-bond acceptors (Lipinski definition) is 9. The van der Waals surface area contributed by atoms with Gasteiger partial charge in [-0.05, 0) is 25.1 Å². The number of aryl methyl sites for hydroxylation is 1. The molecule has 0 saturated carbocycles. The Morgan fingerprint density at radius 2 is 2.12 bits per heavy atom. The summed E-state index contributed by atoms with van der Waals surface area (Å²) >= 11 is 1.32. The van der Waals surface area contributed by atoms with Gasteiger partial charge in [-0.15, -0.1) is 10.2 Å². The van der Waals surface area contributed by atoms with Crippen molar-refractivity contribution in [2.75, 3.05) is 7.11 Å². The fraction of sp³-hybridized carbons (Fsp3) is 0.176. The number of ether oxygens (including phenoxy) is 1. The van der Waals surface area contributed by atoms with E-state index >= 15 is 0 Å². The molecular weight excluding hydrogens is 356 g/mol. The number of methoxy groups -OCH3 is 1. The number of hydrogen-bond donors (Lipinski definition) is 0. The van der Waals surface area contributed by atoms with E-state index in [9.17, 15) is 0 Å². The summed E-state index contributed by atoms with van der Waals surface area (Å²) in [6.45, 7) is 1.84. The fourth-order valence-corrected chi connectivity index (χ4v) is 2.90. The molecule has 3 heterocycles. The van der Waals surface area contributed by atoms with Crippen molar-refractivity contribution < 1.29 is 18.1 Å². The predicted octanol–water partition coefficient (Wildman–Crippen LogP) is 3.99. The van der Waals surface area contributed by atoms with Crippen LogP contribution >= 0.6 is 11.8 Å². The van der Waals surface area contributed by atoms with Gasteiger partial charge in [0.2, 0.25) is 11.7 Å². The first-order valence-electron chi connectivity index (χ1n) is 7.70. The maximum atomic E-state index is 5.63. The third-order valence-electron chi connectivity index (χ3n) is 3.61. The van der Waals surface area contributed by atoms with Crippen LogP contribution in [0.3, 0.4) is 0 Å². The highest BCUT2D eigenvalue weighted by Crippen LogP contribution is 2.28. The summed E-state index contributed by atoms with van der Waals surface area (Å²) in [6, 6.07) is 9.25. The Morgan fingerprint density at radius 1 is 1.19 bits per heavy atom. The topological polar surface area (TPSA) is 100 Å². The number of aromatic nitrogens is 4. The van der Waals surface area contributed by atoms with E-state index in [0.29, 0.717) is 28.6 Å². The molecule has 8 nitrogen and oxygen atoms in total. The second kappa shape index (κ2) is 7.04. The Bertz CT molecular complexity index is 1020. The van der Waals surface area contributed by atoms with Gasteiger partial charge in [-0.25, -0.2) is 0 Å². The van der Waals surface area contributed by atoms with Crippen molar-refractivity contribution in [1.29, 1.82) is 0 Å². The third-order valence-corrected chi connectivity index (χ3v) is 4.41. The van der Waals surface area contributed by atoms with Crippen molar-refractivity contribution >= 4 is 11.8 Å². The van der Waals surface area contributed by atoms with E-state index in [4.69, 9.17) is 18.1 Å². The molecule has 0 bridgehead atoms. The van der Waals surface area contributed by atoms with E-state index in [1.165, 1.54) is 11.8 Å². The van der Waals surface area contributed by atoms with Crippen molar-refractivity contribution in [3.63, 3.8) is 0 Å². The molecule has 0 aliphatic carbocycles. The van der Waals surface area contributed by atoms with Crippen molar-refractivity contribution in [3.8, 4) is 28.6 Å². The lowest BCUT2D eigenvalue weighted by molar-refractivity contribution is 0.390. The summed E-state index contributed by atoms with van der Waals surface area (Å²) in [4.78, 5) is 4.38.